The molecule has 0 saturated carbocycles. The van der Waals surface area contributed by atoms with Gasteiger partial charge in [-0.1, -0.05) is 43.7 Å². The molecule has 0 bridgehead atoms. The zero-order valence-corrected chi connectivity index (χ0v) is 15.8. The van der Waals surface area contributed by atoms with Crippen molar-refractivity contribution >= 4 is 17.0 Å². The smallest absolute Gasteiger partial charge is 0.157 e. The molecule has 24 heavy (non-hydrogen) atoms. The summed E-state index contributed by atoms with van der Waals surface area (Å²) >= 11 is 0. The normalized spacial score (nSPS) is 17.6. The van der Waals surface area contributed by atoms with Gasteiger partial charge in [-0.15, -0.1) is 17.0 Å². The Morgan fingerprint density at radius 1 is 1.08 bits per heavy atom. The van der Waals surface area contributed by atoms with Gasteiger partial charge in [-0.05, 0) is 48.2 Å². The lowest BCUT2D eigenvalue weighted by molar-refractivity contribution is 0.272. The molecule has 0 amide bonds. The van der Waals surface area contributed by atoms with Crippen molar-refractivity contribution in [2.75, 3.05) is 19.6 Å². The first-order chi connectivity index (χ1) is 11.2. The summed E-state index contributed by atoms with van der Waals surface area (Å²) in [5, 5.41) is 19.8. The number of fused-ring (bicyclic) bond motifs is 1. The minimum atomic E-state index is -0.0216. The van der Waals surface area contributed by atoms with Gasteiger partial charge in [0.1, 0.15) is 0 Å². The van der Waals surface area contributed by atoms with Gasteiger partial charge >= 0.3 is 0 Å². The zero-order chi connectivity index (χ0) is 16.2. The van der Waals surface area contributed by atoms with Gasteiger partial charge in [0.25, 0.3) is 0 Å². The molecular formula is C20H26BrNO2. The van der Waals surface area contributed by atoms with E-state index in [1.165, 1.54) is 18.4 Å². The van der Waals surface area contributed by atoms with E-state index < -0.39 is 0 Å². The minimum absolute atomic E-state index is 0. The fraction of sp³-hybridized carbons (Fsp3) is 0.400. The number of unbranched alkanes of at least 4 members (excludes halogenated alkanes) is 1. The van der Waals surface area contributed by atoms with Crippen LogP contribution in [0.5, 0.6) is 11.5 Å². The molecule has 0 aromatic heterocycles. The molecule has 0 fully saturated rings. The van der Waals surface area contributed by atoms with Crippen molar-refractivity contribution in [3.8, 4) is 11.5 Å². The van der Waals surface area contributed by atoms with Crippen LogP contribution in [-0.2, 0) is 6.42 Å². The molecule has 2 aromatic rings. The Labute approximate surface area is 154 Å². The minimum Gasteiger partial charge on any atom is -0.504 e. The van der Waals surface area contributed by atoms with E-state index in [0.29, 0.717) is 0 Å². The van der Waals surface area contributed by atoms with Crippen LogP contribution in [-0.4, -0.2) is 34.7 Å². The molecule has 4 heteroatoms. The van der Waals surface area contributed by atoms with Crippen LogP contribution in [0.2, 0.25) is 0 Å². The number of phenolic OH excluding ortho intramolecular Hbond substituents is 2. The Hall–Kier alpha value is -1.52. The predicted octanol–water partition coefficient (Wildman–Crippen LogP) is 4.47. The molecule has 0 spiro atoms. The quantitative estimate of drug-likeness (QED) is 0.755. The SMILES string of the molecule is Br.CCCCN1CCc2cc(O)c(O)cc2C(c2ccccc2)C1. The van der Waals surface area contributed by atoms with Gasteiger partial charge in [0.15, 0.2) is 11.5 Å². The molecule has 1 aliphatic rings. The van der Waals surface area contributed by atoms with E-state index in [4.69, 9.17) is 0 Å². The second kappa shape index (κ2) is 8.54. The third kappa shape index (κ3) is 4.11. The summed E-state index contributed by atoms with van der Waals surface area (Å²) in [6, 6.07) is 14.0. The van der Waals surface area contributed by atoms with Gasteiger partial charge in [-0.2, -0.15) is 0 Å². The maximum absolute atomic E-state index is 9.98. The summed E-state index contributed by atoms with van der Waals surface area (Å²) in [5.74, 6) is 0.196. The first-order valence-electron chi connectivity index (χ1n) is 8.51. The number of rotatable bonds is 4. The van der Waals surface area contributed by atoms with Crippen LogP contribution in [0.25, 0.3) is 0 Å². The third-order valence-corrected chi connectivity index (χ3v) is 4.78. The zero-order valence-electron chi connectivity index (χ0n) is 14.1. The lowest BCUT2D eigenvalue weighted by Gasteiger charge is -2.25. The maximum Gasteiger partial charge on any atom is 0.157 e. The van der Waals surface area contributed by atoms with E-state index in [-0.39, 0.29) is 34.4 Å². The molecule has 2 aromatic carbocycles. The summed E-state index contributed by atoms with van der Waals surface area (Å²) in [6.45, 7) is 5.28. The monoisotopic (exact) mass is 391 g/mol. The highest BCUT2D eigenvalue weighted by Crippen LogP contribution is 2.37. The van der Waals surface area contributed by atoms with Crippen LogP contribution in [0.1, 0.15) is 42.4 Å². The largest absolute Gasteiger partial charge is 0.504 e. The van der Waals surface area contributed by atoms with Crippen LogP contribution in [0.4, 0.5) is 0 Å². The number of hydrogen-bond acceptors (Lipinski definition) is 3. The Balaban J connectivity index is 0.00000208. The molecule has 0 saturated heterocycles. The first-order valence-corrected chi connectivity index (χ1v) is 8.51. The maximum atomic E-state index is 9.98. The average molecular weight is 392 g/mol. The van der Waals surface area contributed by atoms with Crippen LogP contribution in [0, 0.1) is 0 Å². The molecule has 1 unspecified atom stereocenters. The van der Waals surface area contributed by atoms with Crippen LogP contribution >= 0.6 is 17.0 Å². The second-order valence-corrected chi connectivity index (χ2v) is 6.41. The molecule has 1 aliphatic heterocycles. The van der Waals surface area contributed by atoms with Crippen LogP contribution in [0.15, 0.2) is 42.5 Å². The van der Waals surface area contributed by atoms with Crippen molar-refractivity contribution in [2.45, 2.75) is 32.1 Å². The fourth-order valence-electron chi connectivity index (χ4n) is 3.46. The van der Waals surface area contributed by atoms with Crippen molar-refractivity contribution in [1.82, 2.24) is 4.90 Å². The third-order valence-electron chi connectivity index (χ3n) is 4.78. The molecular weight excluding hydrogens is 366 g/mol. The van der Waals surface area contributed by atoms with E-state index in [9.17, 15) is 10.2 Å². The number of benzene rings is 2. The van der Waals surface area contributed by atoms with Gasteiger partial charge in [0.05, 0.1) is 0 Å². The van der Waals surface area contributed by atoms with E-state index in [1.807, 2.05) is 6.07 Å². The lowest BCUT2D eigenvalue weighted by Crippen LogP contribution is -2.29. The molecule has 1 heterocycles. The van der Waals surface area contributed by atoms with E-state index in [1.54, 1.807) is 12.1 Å². The topological polar surface area (TPSA) is 43.7 Å². The predicted molar refractivity (Wildman–Crippen MR) is 103 cm³/mol. The highest BCUT2D eigenvalue weighted by molar-refractivity contribution is 8.93. The lowest BCUT2D eigenvalue weighted by atomic mass is 9.87. The van der Waals surface area contributed by atoms with Crippen molar-refractivity contribution in [2.24, 2.45) is 0 Å². The standard InChI is InChI=1S/C20H25NO2.BrH/c1-2-3-10-21-11-9-16-12-19(22)20(23)13-17(16)18(14-21)15-7-5-4-6-8-15;/h4-8,12-13,18,22-23H,2-3,9-11,14H2,1H3;1H. The Bertz CT molecular complexity index is 660. The number of aromatic hydroxyl groups is 2. The van der Waals surface area contributed by atoms with E-state index in [0.717, 1.165) is 37.2 Å². The molecule has 0 aliphatic carbocycles. The number of halogens is 1. The molecule has 0 radical (unpaired) electrons. The van der Waals surface area contributed by atoms with Gasteiger partial charge in [0, 0.05) is 19.0 Å². The van der Waals surface area contributed by atoms with Crippen LogP contribution < -0.4 is 0 Å². The summed E-state index contributed by atoms with van der Waals surface area (Å²) in [7, 11) is 0. The summed E-state index contributed by atoms with van der Waals surface area (Å²) < 4.78 is 0. The van der Waals surface area contributed by atoms with Crippen molar-refractivity contribution < 1.29 is 10.2 Å². The number of hydrogen-bond donors (Lipinski definition) is 2. The summed E-state index contributed by atoms with van der Waals surface area (Å²) in [4.78, 5) is 2.51. The van der Waals surface area contributed by atoms with Crippen LogP contribution in [0.3, 0.4) is 0 Å². The fourth-order valence-corrected chi connectivity index (χ4v) is 3.46. The van der Waals surface area contributed by atoms with E-state index in [2.05, 4.69) is 36.1 Å². The Morgan fingerprint density at radius 3 is 2.50 bits per heavy atom. The van der Waals surface area contributed by atoms with Crippen molar-refractivity contribution in [3.63, 3.8) is 0 Å². The average Bonchev–Trinajstić information content (AvgIpc) is 2.74. The number of phenols is 2. The van der Waals surface area contributed by atoms with Gasteiger partial charge < -0.3 is 15.1 Å². The summed E-state index contributed by atoms with van der Waals surface area (Å²) in [6.07, 6.45) is 3.31. The molecule has 3 rings (SSSR count). The van der Waals surface area contributed by atoms with Gasteiger partial charge in [-0.25, -0.2) is 0 Å². The molecule has 1 atom stereocenters. The Morgan fingerprint density at radius 2 is 1.79 bits per heavy atom. The van der Waals surface area contributed by atoms with Crippen molar-refractivity contribution in [1.29, 1.82) is 0 Å². The molecule has 3 nitrogen and oxygen atoms in total. The molecule has 2 N–H and O–H groups in total. The van der Waals surface area contributed by atoms with Crippen molar-refractivity contribution in [3.05, 3.63) is 59.2 Å². The first kappa shape index (κ1) is 18.8. The molecule has 130 valence electrons. The second-order valence-electron chi connectivity index (χ2n) is 6.41. The number of nitrogens with zero attached hydrogens (tertiary/aromatic N) is 1. The highest BCUT2D eigenvalue weighted by atomic mass is 79.9. The Kier molecular flexibility index (Phi) is 6.69. The summed E-state index contributed by atoms with van der Waals surface area (Å²) in [5.41, 5.74) is 3.56. The van der Waals surface area contributed by atoms with Gasteiger partial charge in [0.2, 0.25) is 0 Å². The highest BCUT2D eigenvalue weighted by Gasteiger charge is 2.25. The van der Waals surface area contributed by atoms with E-state index >= 15 is 0 Å². The van der Waals surface area contributed by atoms with Gasteiger partial charge in [-0.3, -0.25) is 0 Å².